The third-order valence-corrected chi connectivity index (χ3v) is 4.72. The monoisotopic (exact) mass is 299 g/mol. The van der Waals surface area contributed by atoms with Gasteiger partial charge in [-0.1, -0.05) is 24.3 Å². The van der Waals surface area contributed by atoms with Crippen LogP contribution in [0.25, 0.3) is 0 Å². The number of hydrogen-bond acceptors (Lipinski definition) is 2. The maximum Gasteiger partial charge on any atom is 0.191 e. The predicted molar refractivity (Wildman–Crippen MR) is 90.6 cm³/mol. The SMILES string of the molecule is CN=C(NCC1(c2ccc(OC)cc2)CC1)NC1CC=CC1. The van der Waals surface area contributed by atoms with E-state index in [1.807, 2.05) is 19.2 Å². The highest BCUT2D eigenvalue weighted by atomic mass is 16.5. The average molecular weight is 299 g/mol. The van der Waals surface area contributed by atoms with Gasteiger partial charge in [-0.25, -0.2) is 0 Å². The standard InChI is InChI=1S/C18H25N3O/c1-19-17(21-15-5-3-4-6-15)20-13-18(11-12-18)14-7-9-16(22-2)10-8-14/h3-4,7-10,15H,5-6,11-13H2,1-2H3,(H2,19,20,21). The van der Waals surface area contributed by atoms with Crippen molar-refractivity contribution < 1.29 is 4.74 Å². The van der Waals surface area contributed by atoms with E-state index in [0.29, 0.717) is 6.04 Å². The summed E-state index contributed by atoms with van der Waals surface area (Å²) < 4.78 is 5.24. The van der Waals surface area contributed by atoms with Crippen LogP contribution >= 0.6 is 0 Å². The molecule has 0 amide bonds. The summed E-state index contributed by atoms with van der Waals surface area (Å²) in [4.78, 5) is 4.35. The molecule has 4 heteroatoms. The zero-order valence-electron chi connectivity index (χ0n) is 13.4. The molecule has 2 aliphatic carbocycles. The third kappa shape index (κ3) is 3.26. The van der Waals surface area contributed by atoms with Gasteiger partial charge >= 0.3 is 0 Å². The van der Waals surface area contributed by atoms with Crippen molar-refractivity contribution in [2.45, 2.75) is 37.1 Å². The summed E-state index contributed by atoms with van der Waals surface area (Å²) in [5.41, 5.74) is 1.65. The highest BCUT2D eigenvalue weighted by Gasteiger charge is 2.44. The maximum atomic E-state index is 5.24. The van der Waals surface area contributed by atoms with Crippen LogP contribution in [0.4, 0.5) is 0 Å². The first-order valence-electron chi connectivity index (χ1n) is 8.02. The Balaban J connectivity index is 1.57. The van der Waals surface area contributed by atoms with E-state index < -0.39 is 0 Å². The fraction of sp³-hybridized carbons (Fsp3) is 0.500. The number of methoxy groups -OCH3 is 1. The van der Waals surface area contributed by atoms with Gasteiger partial charge in [-0.3, -0.25) is 4.99 Å². The summed E-state index contributed by atoms with van der Waals surface area (Å²) in [5, 5.41) is 7.00. The Labute approximate surface area is 132 Å². The minimum atomic E-state index is 0.262. The van der Waals surface area contributed by atoms with Crippen LogP contribution in [0.2, 0.25) is 0 Å². The Bertz CT molecular complexity index is 550. The van der Waals surface area contributed by atoms with Gasteiger partial charge in [-0.15, -0.1) is 0 Å². The smallest absolute Gasteiger partial charge is 0.191 e. The molecule has 3 rings (SSSR count). The number of aliphatic imine (C=N–C) groups is 1. The average Bonchev–Trinajstić information content (AvgIpc) is 3.19. The summed E-state index contributed by atoms with van der Waals surface area (Å²) in [5.74, 6) is 1.83. The summed E-state index contributed by atoms with van der Waals surface area (Å²) in [6.07, 6.45) is 9.09. The van der Waals surface area contributed by atoms with E-state index in [1.165, 1.54) is 18.4 Å². The molecule has 2 aliphatic rings. The van der Waals surface area contributed by atoms with Crippen molar-refractivity contribution in [2.24, 2.45) is 4.99 Å². The van der Waals surface area contributed by atoms with Crippen molar-refractivity contribution in [1.29, 1.82) is 0 Å². The van der Waals surface area contributed by atoms with Crippen molar-refractivity contribution in [3.8, 4) is 5.75 Å². The quantitative estimate of drug-likeness (QED) is 0.499. The number of nitrogens with one attached hydrogen (secondary N) is 2. The van der Waals surface area contributed by atoms with Gasteiger partial charge in [0, 0.05) is 25.0 Å². The molecule has 4 nitrogen and oxygen atoms in total. The minimum Gasteiger partial charge on any atom is -0.497 e. The molecule has 0 bridgehead atoms. The Hall–Kier alpha value is -1.97. The Morgan fingerprint density at radius 1 is 1.23 bits per heavy atom. The lowest BCUT2D eigenvalue weighted by molar-refractivity contribution is 0.414. The van der Waals surface area contributed by atoms with E-state index in [2.05, 4.69) is 39.9 Å². The lowest BCUT2D eigenvalue weighted by Gasteiger charge is -2.21. The third-order valence-electron chi connectivity index (χ3n) is 4.72. The molecule has 1 aromatic carbocycles. The lowest BCUT2D eigenvalue weighted by Crippen LogP contribution is -2.45. The first-order valence-corrected chi connectivity index (χ1v) is 8.02. The van der Waals surface area contributed by atoms with Crippen LogP contribution in [0, 0.1) is 0 Å². The summed E-state index contributed by atoms with van der Waals surface area (Å²) in [6.45, 7) is 0.930. The zero-order chi connectivity index (χ0) is 15.4. The van der Waals surface area contributed by atoms with Gasteiger partial charge in [0.1, 0.15) is 5.75 Å². The molecular formula is C18H25N3O. The van der Waals surface area contributed by atoms with Gasteiger partial charge in [0.25, 0.3) is 0 Å². The predicted octanol–water partition coefficient (Wildman–Crippen LogP) is 2.61. The minimum absolute atomic E-state index is 0.262. The molecule has 0 radical (unpaired) electrons. The molecule has 2 N–H and O–H groups in total. The number of nitrogens with zero attached hydrogens (tertiary/aromatic N) is 1. The van der Waals surface area contributed by atoms with Crippen molar-refractivity contribution in [3.63, 3.8) is 0 Å². The van der Waals surface area contributed by atoms with Crippen molar-refractivity contribution in [3.05, 3.63) is 42.0 Å². The Morgan fingerprint density at radius 3 is 2.45 bits per heavy atom. The molecule has 0 aliphatic heterocycles. The van der Waals surface area contributed by atoms with E-state index in [4.69, 9.17) is 4.74 Å². The lowest BCUT2D eigenvalue weighted by atomic mass is 9.96. The van der Waals surface area contributed by atoms with Gasteiger partial charge in [0.15, 0.2) is 5.96 Å². The Kier molecular flexibility index (Phi) is 4.36. The van der Waals surface area contributed by atoms with E-state index >= 15 is 0 Å². The van der Waals surface area contributed by atoms with Gasteiger partial charge in [-0.05, 0) is 43.4 Å². The van der Waals surface area contributed by atoms with Gasteiger partial charge in [0.2, 0.25) is 0 Å². The van der Waals surface area contributed by atoms with E-state index in [0.717, 1.165) is 31.1 Å². The zero-order valence-corrected chi connectivity index (χ0v) is 13.4. The van der Waals surface area contributed by atoms with Gasteiger partial charge < -0.3 is 15.4 Å². The highest BCUT2D eigenvalue weighted by Crippen LogP contribution is 2.47. The van der Waals surface area contributed by atoms with Crippen molar-refractivity contribution >= 4 is 5.96 Å². The molecule has 1 aromatic rings. The molecule has 0 saturated heterocycles. The molecule has 1 saturated carbocycles. The van der Waals surface area contributed by atoms with Crippen molar-refractivity contribution in [1.82, 2.24) is 10.6 Å². The molecule has 1 fully saturated rings. The van der Waals surface area contributed by atoms with E-state index in [1.54, 1.807) is 7.11 Å². The number of guanidine groups is 1. The molecule has 22 heavy (non-hydrogen) atoms. The van der Waals surface area contributed by atoms with Crippen LogP contribution in [0.3, 0.4) is 0 Å². The van der Waals surface area contributed by atoms with E-state index in [-0.39, 0.29) is 5.41 Å². The summed E-state index contributed by atoms with van der Waals surface area (Å²) in [7, 11) is 3.54. The molecule has 0 spiro atoms. The number of ether oxygens (including phenoxy) is 1. The fourth-order valence-electron chi connectivity index (χ4n) is 3.04. The van der Waals surface area contributed by atoms with Crippen LogP contribution in [0.15, 0.2) is 41.4 Å². The molecule has 0 aromatic heterocycles. The molecule has 0 unspecified atom stereocenters. The van der Waals surface area contributed by atoms with Gasteiger partial charge in [0.05, 0.1) is 7.11 Å². The second kappa shape index (κ2) is 6.42. The summed E-state index contributed by atoms with van der Waals surface area (Å²) >= 11 is 0. The van der Waals surface area contributed by atoms with E-state index in [9.17, 15) is 0 Å². The topological polar surface area (TPSA) is 45.7 Å². The normalized spacial score (nSPS) is 20.0. The molecular weight excluding hydrogens is 274 g/mol. The summed E-state index contributed by atoms with van der Waals surface area (Å²) in [6, 6.07) is 8.96. The number of benzene rings is 1. The van der Waals surface area contributed by atoms with Gasteiger partial charge in [-0.2, -0.15) is 0 Å². The fourth-order valence-corrected chi connectivity index (χ4v) is 3.04. The van der Waals surface area contributed by atoms with Crippen molar-refractivity contribution in [2.75, 3.05) is 20.7 Å². The van der Waals surface area contributed by atoms with Crippen LogP contribution in [0.5, 0.6) is 5.75 Å². The Morgan fingerprint density at radius 2 is 1.91 bits per heavy atom. The van der Waals surface area contributed by atoms with Crippen LogP contribution in [-0.4, -0.2) is 32.7 Å². The first-order chi connectivity index (χ1) is 10.8. The second-order valence-electron chi connectivity index (χ2n) is 6.22. The van der Waals surface area contributed by atoms with Crippen LogP contribution < -0.4 is 15.4 Å². The molecule has 0 heterocycles. The maximum absolute atomic E-state index is 5.24. The second-order valence-corrected chi connectivity index (χ2v) is 6.22. The number of hydrogen-bond donors (Lipinski definition) is 2. The number of rotatable bonds is 5. The first kappa shape index (κ1) is 14.9. The van der Waals surface area contributed by atoms with Crippen LogP contribution in [0.1, 0.15) is 31.2 Å². The molecule has 118 valence electrons. The largest absolute Gasteiger partial charge is 0.497 e. The molecule has 0 atom stereocenters. The highest BCUT2D eigenvalue weighted by molar-refractivity contribution is 5.80. The van der Waals surface area contributed by atoms with Crippen LogP contribution in [-0.2, 0) is 5.41 Å².